The molecule has 0 aliphatic rings. The maximum absolute atomic E-state index is 12.6. The lowest BCUT2D eigenvalue weighted by molar-refractivity contribution is -0.294. The van der Waals surface area contributed by atoms with Crippen molar-refractivity contribution in [2.75, 3.05) is 6.61 Å². The number of ether oxygens (including phenoxy) is 1. The summed E-state index contributed by atoms with van der Waals surface area (Å²) in [6, 6.07) is 0. The SMILES string of the molecule is CCC(C(=O)OCC(F)(F)C(F)(F)F)C(C)(C)C. The molecule has 0 aromatic heterocycles. The minimum absolute atomic E-state index is 0.305. The third-order valence-electron chi connectivity index (χ3n) is 2.55. The molecule has 108 valence electrons. The zero-order valence-corrected chi connectivity index (χ0v) is 10.7. The molecule has 7 heteroatoms. The highest BCUT2D eigenvalue weighted by Crippen LogP contribution is 2.36. The molecule has 1 unspecified atom stereocenters. The second-order valence-electron chi connectivity index (χ2n) is 5.14. The first-order valence-electron chi connectivity index (χ1n) is 5.44. The van der Waals surface area contributed by atoms with E-state index < -0.39 is 36.0 Å². The van der Waals surface area contributed by atoms with Crippen molar-refractivity contribution in [3.63, 3.8) is 0 Å². The summed E-state index contributed by atoms with van der Waals surface area (Å²) in [6.07, 6.45) is -5.41. The minimum Gasteiger partial charge on any atom is -0.459 e. The van der Waals surface area contributed by atoms with Gasteiger partial charge in [0.25, 0.3) is 0 Å². The molecule has 0 N–H and O–H groups in total. The Bertz CT molecular complexity index is 291. The monoisotopic (exact) mass is 276 g/mol. The van der Waals surface area contributed by atoms with Crippen LogP contribution in [0.1, 0.15) is 34.1 Å². The van der Waals surface area contributed by atoms with Crippen LogP contribution in [0.4, 0.5) is 22.0 Å². The van der Waals surface area contributed by atoms with Crippen LogP contribution in [0, 0.1) is 11.3 Å². The van der Waals surface area contributed by atoms with Crippen molar-refractivity contribution in [1.29, 1.82) is 0 Å². The molecule has 1 atom stereocenters. The van der Waals surface area contributed by atoms with Crippen molar-refractivity contribution < 1.29 is 31.5 Å². The van der Waals surface area contributed by atoms with E-state index in [1.165, 1.54) is 0 Å². The lowest BCUT2D eigenvalue weighted by atomic mass is 9.79. The Balaban J connectivity index is 4.61. The molecule has 0 saturated carbocycles. The molecule has 0 radical (unpaired) electrons. The largest absolute Gasteiger partial charge is 0.459 e. The summed E-state index contributed by atoms with van der Waals surface area (Å²) < 4.78 is 64.8. The smallest absolute Gasteiger partial charge is 0.456 e. The van der Waals surface area contributed by atoms with Gasteiger partial charge in [-0.15, -0.1) is 0 Å². The highest BCUT2D eigenvalue weighted by molar-refractivity contribution is 5.73. The van der Waals surface area contributed by atoms with E-state index in [1.807, 2.05) is 0 Å². The number of alkyl halides is 5. The number of carbonyl (C=O) groups is 1. The maximum atomic E-state index is 12.6. The van der Waals surface area contributed by atoms with Crippen molar-refractivity contribution in [2.24, 2.45) is 11.3 Å². The van der Waals surface area contributed by atoms with Crippen LogP contribution >= 0.6 is 0 Å². The van der Waals surface area contributed by atoms with Gasteiger partial charge >= 0.3 is 18.1 Å². The normalized spacial score (nSPS) is 15.4. The van der Waals surface area contributed by atoms with Gasteiger partial charge in [0.2, 0.25) is 0 Å². The molecule has 0 bridgehead atoms. The molecule has 18 heavy (non-hydrogen) atoms. The van der Waals surface area contributed by atoms with Crippen molar-refractivity contribution >= 4 is 5.97 Å². The summed E-state index contributed by atoms with van der Waals surface area (Å²) in [4.78, 5) is 11.5. The molecule has 0 heterocycles. The van der Waals surface area contributed by atoms with Gasteiger partial charge in [0.15, 0.2) is 6.61 Å². The van der Waals surface area contributed by atoms with Crippen LogP contribution in [-0.4, -0.2) is 24.7 Å². The van der Waals surface area contributed by atoms with Crippen LogP contribution in [0.2, 0.25) is 0 Å². The Hall–Kier alpha value is -0.880. The highest BCUT2D eigenvalue weighted by Gasteiger charge is 2.58. The van der Waals surface area contributed by atoms with Crippen LogP contribution in [0.25, 0.3) is 0 Å². The molecule has 0 fully saturated rings. The van der Waals surface area contributed by atoms with Crippen LogP contribution in [0.3, 0.4) is 0 Å². The summed E-state index contributed by atoms with van der Waals surface area (Å²) in [5.41, 5.74) is -0.556. The number of rotatable bonds is 4. The van der Waals surface area contributed by atoms with Crippen LogP contribution in [0.15, 0.2) is 0 Å². The number of hydrogen-bond acceptors (Lipinski definition) is 2. The molecule has 0 aliphatic carbocycles. The zero-order valence-electron chi connectivity index (χ0n) is 10.7. The summed E-state index contributed by atoms with van der Waals surface area (Å²) in [5.74, 6) is -6.77. The van der Waals surface area contributed by atoms with Gasteiger partial charge in [-0.1, -0.05) is 27.7 Å². The Labute approximate surface area is 102 Å². The third-order valence-corrected chi connectivity index (χ3v) is 2.55. The van der Waals surface area contributed by atoms with Crippen molar-refractivity contribution in [1.82, 2.24) is 0 Å². The lowest BCUT2D eigenvalue weighted by Gasteiger charge is -2.28. The van der Waals surface area contributed by atoms with Crippen LogP contribution < -0.4 is 0 Å². The molecule has 0 aliphatic heterocycles. The lowest BCUT2D eigenvalue weighted by Crippen LogP contribution is -2.42. The van der Waals surface area contributed by atoms with Gasteiger partial charge in [-0.3, -0.25) is 4.79 Å². The Morgan fingerprint density at radius 2 is 1.56 bits per heavy atom. The Kier molecular flexibility index (Phi) is 5.14. The first kappa shape index (κ1) is 17.1. The predicted octanol–water partition coefficient (Wildman–Crippen LogP) is 3.80. The van der Waals surface area contributed by atoms with Crippen LogP contribution in [0.5, 0.6) is 0 Å². The molecule has 2 nitrogen and oxygen atoms in total. The second-order valence-corrected chi connectivity index (χ2v) is 5.14. The van der Waals surface area contributed by atoms with Crippen molar-refractivity contribution in [3.8, 4) is 0 Å². The number of carbonyl (C=O) groups excluding carboxylic acids is 1. The first-order valence-corrected chi connectivity index (χ1v) is 5.44. The fraction of sp³-hybridized carbons (Fsp3) is 0.909. The fourth-order valence-electron chi connectivity index (χ4n) is 1.48. The van der Waals surface area contributed by atoms with Gasteiger partial charge in [-0.05, 0) is 11.8 Å². The van der Waals surface area contributed by atoms with Gasteiger partial charge in [0.1, 0.15) is 0 Å². The van der Waals surface area contributed by atoms with Crippen LogP contribution in [-0.2, 0) is 9.53 Å². The maximum Gasteiger partial charge on any atom is 0.456 e. The molecule has 0 aromatic rings. The molecule has 0 aromatic carbocycles. The molecular formula is C11H17F5O2. The standard InChI is InChI=1S/C11H17F5O2/c1-5-7(9(2,3)4)8(17)18-6-10(12,13)11(14,15)16/h7H,5-6H2,1-4H3. The summed E-state index contributed by atoms with van der Waals surface area (Å²) in [6.45, 7) is 4.72. The Morgan fingerprint density at radius 1 is 1.11 bits per heavy atom. The van der Waals surface area contributed by atoms with E-state index in [0.29, 0.717) is 6.42 Å². The highest BCUT2D eigenvalue weighted by atomic mass is 19.4. The van der Waals surface area contributed by atoms with E-state index >= 15 is 0 Å². The van der Waals surface area contributed by atoms with Crippen molar-refractivity contribution in [3.05, 3.63) is 0 Å². The van der Waals surface area contributed by atoms with Gasteiger partial charge in [-0.25, -0.2) is 0 Å². The van der Waals surface area contributed by atoms with E-state index in [1.54, 1.807) is 27.7 Å². The first-order chi connectivity index (χ1) is 7.83. The van der Waals surface area contributed by atoms with E-state index in [0.717, 1.165) is 0 Å². The van der Waals surface area contributed by atoms with E-state index in [9.17, 15) is 26.7 Å². The average Bonchev–Trinajstić information content (AvgIpc) is 2.11. The number of esters is 1. The van der Waals surface area contributed by atoms with E-state index in [2.05, 4.69) is 4.74 Å². The van der Waals surface area contributed by atoms with Gasteiger partial charge in [0, 0.05) is 0 Å². The fourth-order valence-corrected chi connectivity index (χ4v) is 1.48. The van der Waals surface area contributed by atoms with Gasteiger partial charge < -0.3 is 4.74 Å². The van der Waals surface area contributed by atoms with Crippen molar-refractivity contribution in [2.45, 2.75) is 46.2 Å². The Morgan fingerprint density at radius 3 is 1.83 bits per heavy atom. The quantitative estimate of drug-likeness (QED) is 0.576. The summed E-state index contributed by atoms with van der Waals surface area (Å²) in [7, 11) is 0. The minimum atomic E-state index is -5.71. The zero-order chi connectivity index (χ0) is 14.8. The topological polar surface area (TPSA) is 26.3 Å². The third kappa shape index (κ3) is 4.42. The average molecular weight is 276 g/mol. The van der Waals surface area contributed by atoms with E-state index in [-0.39, 0.29) is 0 Å². The van der Waals surface area contributed by atoms with Gasteiger partial charge in [0.05, 0.1) is 5.92 Å². The number of halogens is 5. The summed E-state index contributed by atoms with van der Waals surface area (Å²) in [5, 5.41) is 0. The van der Waals surface area contributed by atoms with Gasteiger partial charge in [-0.2, -0.15) is 22.0 Å². The molecular weight excluding hydrogens is 259 g/mol. The molecule has 0 amide bonds. The molecule has 0 saturated heterocycles. The predicted molar refractivity (Wildman–Crippen MR) is 55.2 cm³/mol. The molecule has 0 rings (SSSR count). The second kappa shape index (κ2) is 5.40. The summed E-state index contributed by atoms with van der Waals surface area (Å²) >= 11 is 0. The van der Waals surface area contributed by atoms with E-state index in [4.69, 9.17) is 0 Å². The molecule has 0 spiro atoms. The number of hydrogen-bond donors (Lipinski definition) is 0.